The van der Waals surface area contributed by atoms with Gasteiger partial charge in [0.05, 0.1) is 30.3 Å². The van der Waals surface area contributed by atoms with Crippen molar-refractivity contribution in [3.05, 3.63) is 30.0 Å². The highest BCUT2D eigenvalue weighted by molar-refractivity contribution is 5.78. The number of pyridine rings is 2. The second-order valence-corrected chi connectivity index (χ2v) is 8.16. The maximum Gasteiger partial charge on any atom is 0.408 e. The molecule has 2 aromatic heterocycles. The number of nitrogens with zero attached hydrogens (tertiary/aromatic N) is 4. The number of carboxylic acid groups (broad SMARTS) is 1. The van der Waals surface area contributed by atoms with Crippen molar-refractivity contribution in [2.24, 2.45) is 0 Å². The Balaban J connectivity index is 1.72. The van der Waals surface area contributed by atoms with Crippen LogP contribution in [0.1, 0.15) is 26.3 Å². The Morgan fingerprint density at radius 1 is 1.32 bits per heavy atom. The van der Waals surface area contributed by atoms with Crippen molar-refractivity contribution in [2.45, 2.75) is 44.9 Å². The van der Waals surface area contributed by atoms with Crippen LogP contribution in [0.15, 0.2) is 24.4 Å². The van der Waals surface area contributed by atoms with E-state index in [0.717, 1.165) is 23.0 Å². The van der Waals surface area contributed by atoms with E-state index in [1.165, 1.54) is 4.90 Å². The maximum absolute atomic E-state index is 11.7. The molecule has 8 heteroatoms. The Morgan fingerprint density at radius 3 is 2.71 bits per heavy atom. The van der Waals surface area contributed by atoms with Crippen LogP contribution in [0, 0.1) is 0 Å². The molecule has 2 N–H and O–H groups in total. The van der Waals surface area contributed by atoms with Crippen LogP contribution in [-0.4, -0.2) is 80.5 Å². The average molecular weight is 388 g/mol. The van der Waals surface area contributed by atoms with E-state index < -0.39 is 23.8 Å². The fourth-order valence-corrected chi connectivity index (χ4v) is 3.86. The third-order valence-electron chi connectivity index (χ3n) is 5.14. The van der Waals surface area contributed by atoms with Crippen LogP contribution in [0.2, 0.25) is 0 Å². The molecule has 1 amide bonds. The van der Waals surface area contributed by atoms with Crippen LogP contribution >= 0.6 is 0 Å². The molecule has 152 valence electrons. The molecule has 0 aliphatic carbocycles. The average Bonchev–Trinajstić information content (AvgIpc) is 2.98. The van der Waals surface area contributed by atoms with Crippen molar-refractivity contribution in [2.75, 3.05) is 26.7 Å². The zero-order valence-electron chi connectivity index (χ0n) is 16.8. The van der Waals surface area contributed by atoms with Gasteiger partial charge in [0, 0.05) is 37.4 Å². The molecule has 3 rings (SSSR count). The second kappa shape index (κ2) is 7.89. The van der Waals surface area contributed by atoms with Gasteiger partial charge in [0.25, 0.3) is 0 Å². The monoisotopic (exact) mass is 388 g/mol. The van der Waals surface area contributed by atoms with Gasteiger partial charge in [0.1, 0.15) is 0 Å². The van der Waals surface area contributed by atoms with Crippen LogP contribution < -0.4 is 4.74 Å². The number of amides is 1. The molecule has 0 aromatic carbocycles. The number of aliphatic hydroxyl groups excluding tert-OH is 1. The third kappa shape index (κ3) is 4.18. The highest BCUT2D eigenvalue weighted by atomic mass is 16.5. The minimum atomic E-state index is -1.00. The molecule has 0 saturated carbocycles. The first kappa shape index (κ1) is 20.3. The molecule has 0 spiro atoms. The quantitative estimate of drug-likeness (QED) is 0.808. The number of hydrogen-bond acceptors (Lipinski definition) is 6. The summed E-state index contributed by atoms with van der Waals surface area (Å²) in [7, 11) is 1.58. The summed E-state index contributed by atoms with van der Waals surface area (Å²) in [6, 6.07) is 5.17. The lowest BCUT2D eigenvalue weighted by Gasteiger charge is -2.39. The van der Waals surface area contributed by atoms with Gasteiger partial charge in [-0.2, -0.15) is 0 Å². The molecule has 8 nitrogen and oxygen atoms in total. The topological polar surface area (TPSA) is 99.0 Å². The Morgan fingerprint density at radius 2 is 2.07 bits per heavy atom. The van der Waals surface area contributed by atoms with E-state index in [1.54, 1.807) is 19.4 Å². The second-order valence-electron chi connectivity index (χ2n) is 8.16. The lowest BCUT2D eigenvalue weighted by atomic mass is 10.0. The number of hydrogen-bond donors (Lipinski definition) is 2. The fraction of sp³-hybridized carbons (Fsp3) is 0.550. The normalized spacial score (nSPS) is 20.5. The number of aromatic nitrogens is 2. The molecule has 0 bridgehead atoms. The van der Waals surface area contributed by atoms with Crippen molar-refractivity contribution >= 4 is 17.1 Å². The predicted molar refractivity (Wildman–Crippen MR) is 106 cm³/mol. The smallest absolute Gasteiger partial charge is 0.408 e. The standard InChI is InChI=1S/C20H28N4O4/c1-20(2,3)24(19(26)27)15-11-23(12-16(15)25)10-8-13-7-9-21-14-5-6-17(28-4)22-18(13)14/h5-7,9,15-16,25H,8,10-12H2,1-4H3,(H,26,27)/t15-,16+/m1/s1. The summed E-state index contributed by atoms with van der Waals surface area (Å²) in [5, 5.41) is 20.1. The number of β-amino-alcohol motifs (C(OH)–C–C–N with tert-alkyl or cyclic N) is 1. The zero-order chi connectivity index (χ0) is 20.5. The fourth-order valence-electron chi connectivity index (χ4n) is 3.86. The molecule has 1 aliphatic heterocycles. The first-order chi connectivity index (χ1) is 13.2. The molecule has 2 aromatic rings. The summed E-state index contributed by atoms with van der Waals surface area (Å²) in [6.07, 6.45) is 0.776. The Kier molecular flexibility index (Phi) is 5.71. The lowest BCUT2D eigenvalue weighted by molar-refractivity contribution is 0.0297. The summed E-state index contributed by atoms with van der Waals surface area (Å²) >= 11 is 0. The zero-order valence-corrected chi connectivity index (χ0v) is 16.8. The molecule has 1 aliphatic rings. The summed E-state index contributed by atoms with van der Waals surface area (Å²) in [4.78, 5) is 24.1. The van der Waals surface area contributed by atoms with Gasteiger partial charge in [0.15, 0.2) is 0 Å². The molecule has 3 heterocycles. The van der Waals surface area contributed by atoms with E-state index in [9.17, 15) is 15.0 Å². The Bertz CT molecular complexity index is 852. The molecule has 1 saturated heterocycles. The number of ether oxygens (including phenoxy) is 1. The van der Waals surface area contributed by atoms with Crippen molar-refractivity contribution in [3.63, 3.8) is 0 Å². The van der Waals surface area contributed by atoms with Crippen LogP contribution in [-0.2, 0) is 6.42 Å². The minimum absolute atomic E-state index is 0.440. The van der Waals surface area contributed by atoms with Crippen LogP contribution in [0.3, 0.4) is 0 Å². The summed E-state index contributed by atoms with van der Waals surface area (Å²) in [5.41, 5.74) is 2.09. The highest BCUT2D eigenvalue weighted by Crippen LogP contribution is 2.25. The molecular weight excluding hydrogens is 360 g/mol. The van der Waals surface area contributed by atoms with Crippen molar-refractivity contribution < 1.29 is 19.7 Å². The molecule has 1 fully saturated rings. The third-order valence-corrected chi connectivity index (χ3v) is 5.14. The number of fused-ring (bicyclic) bond motifs is 1. The maximum atomic E-state index is 11.7. The molecule has 28 heavy (non-hydrogen) atoms. The van der Waals surface area contributed by atoms with E-state index in [4.69, 9.17) is 4.74 Å². The van der Waals surface area contributed by atoms with E-state index in [0.29, 0.717) is 25.5 Å². The predicted octanol–water partition coefficient (Wildman–Crippen LogP) is 2.00. The molecular formula is C20H28N4O4. The van der Waals surface area contributed by atoms with Gasteiger partial charge in [0.2, 0.25) is 5.88 Å². The summed E-state index contributed by atoms with van der Waals surface area (Å²) in [6.45, 7) is 7.19. The lowest BCUT2D eigenvalue weighted by Crippen LogP contribution is -2.55. The Labute approximate surface area is 164 Å². The number of methoxy groups -OCH3 is 1. The van der Waals surface area contributed by atoms with Gasteiger partial charge >= 0.3 is 6.09 Å². The molecule has 0 unspecified atom stereocenters. The Hall–Kier alpha value is -2.45. The van der Waals surface area contributed by atoms with Gasteiger partial charge < -0.3 is 14.9 Å². The van der Waals surface area contributed by atoms with E-state index >= 15 is 0 Å². The van der Waals surface area contributed by atoms with E-state index in [2.05, 4.69) is 14.9 Å². The van der Waals surface area contributed by atoms with Gasteiger partial charge in [-0.3, -0.25) is 14.8 Å². The number of aliphatic hydroxyl groups is 1. The van der Waals surface area contributed by atoms with E-state index in [1.807, 2.05) is 32.9 Å². The van der Waals surface area contributed by atoms with Gasteiger partial charge in [-0.1, -0.05) is 0 Å². The number of carbonyl (C=O) groups is 1. The van der Waals surface area contributed by atoms with Gasteiger partial charge in [-0.25, -0.2) is 9.78 Å². The van der Waals surface area contributed by atoms with Crippen LogP contribution in [0.4, 0.5) is 4.79 Å². The largest absolute Gasteiger partial charge is 0.481 e. The first-order valence-corrected chi connectivity index (χ1v) is 9.42. The van der Waals surface area contributed by atoms with Crippen molar-refractivity contribution in [1.82, 2.24) is 19.8 Å². The molecule has 2 atom stereocenters. The van der Waals surface area contributed by atoms with Crippen LogP contribution in [0.25, 0.3) is 11.0 Å². The highest BCUT2D eigenvalue weighted by Gasteiger charge is 2.42. The molecule has 0 radical (unpaired) electrons. The summed E-state index contributed by atoms with van der Waals surface area (Å²) < 4.78 is 5.22. The summed E-state index contributed by atoms with van der Waals surface area (Å²) in [5.74, 6) is 0.542. The van der Waals surface area contributed by atoms with Gasteiger partial charge in [-0.05, 0) is 44.9 Å². The SMILES string of the molecule is COc1ccc2nccc(CCN3C[C@@H](N(C(=O)O)C(C)(C)C)[C@@H](O)C3)c2n1. The van der Waals surface area contributed by atoms with Gasteiger partial charge in [-0.15, -0.1) is 0 Å². The van der Waals surface area contributed by atoms with Crippen molar-refractivity contribution in [1.29, 1.82) is 0 Å². The number of likely N-dealkylation sites (tertiary alicyclic amines) is 1. The van der Waals surface area contributed by atoms with Crippen LogP contribution in [0.5, 0.6) is 5.88 Å². The first-order valence-electron chi connectivity index (χ1n) is 9.42. The number of rotatable bonds is 5. The van der Waals surface area contributed by atoms with Crippen molar-refractivity contribution in [3.8, 4) is 5.88 Å². The minimum Gasteiger partial charge on any atom is -0.481 e. The van der Waals surface area contributed by atoms with E-state index in [-0.39, 0.29) is 0 Å².